The summed E-state index contributed by atoms with van der Waals surface area (Å²) in [5, 5.41) is 0. The van der Waals surface area contributed by atoms with Crippen LogP contribution in [0.1, 0.15) is 168 Å². The zero-order valence-corrected chi connectivity index (χ0v) is 24.0. The Morgan fingerprint density at radius 3 is 1.03 bits per heavy atom. The molecule has 0 N–H and O–H groups in total. The molecule has 1 atom stereocenters. The van der Waals surface area contributed by atoms with Gasteiger partial charge in [-0.2, -0.15) is 0 Å². The maximum atomic E-state index is 2.31. The van der Waals surface area contributed by atoms with Crippen LogP contribution in [0.3, 0.4) is 0 Å². The van der Waals surface area contributed by atoms with Gasteiger partial charge in [-0.15, -0.1) is 0 Å². The Balaban J connectivity index is 2.97. The third-order valence-corrected chi connectivity index (χ3v) is 11.8. The van der Waals surface area contributed by atoms with Crippen molar-refractivity contribution in [1.29, 1.82) is 0 Å². The number of hydrogen-bond donors (Lipinski definition) is 0. The zero-order chi connectivity index (χ0) is 21.8. The molecule has 0 saturated carbocycles. The van der Waals surface area contributed by atoms with E-state index in [1.807, 2.05) is 0 Å². The Morgan fingerprint density at radius 1 is 0.367 bits per heavy atom. The second-order valence-corrected chi connectivity index (χ2v) is 15.1. The van der Waals surface area contributed by atoms with Crippen LogP contribution in [-0.4, -0.2) is 12.3 Å². The minimum absolute atomic E-state index is 0.321. The first-order valence-corrected chi connectivity index (χ1v) is 19.2. The van der Waals surface area contributed by atoms with E-state index in [0.29, 0.717) is 8.27 Å². The van der Waals surface area contributed by atoms with E-state index >= 15 is 0 Å². The van der Waals surface area contributed by atoms with Gasteiger partial charge in [-0.1, -0.05) is 33.1 Å². The summed E-state index contributed by atoms with van der Waals surface area (Å²) in [7, 11) is 1.72. The summed E-state index contributed by atoms with van der Waals surface area (Å²) in [4.78, 5) is 0. The Morgan fingerprint density at radius 2 is 0.667 bits per heavy atom. The van der Waals surface area contributed by atoms with Gasteiger partial charge in [-0.25, -0.2) is 0 Å². The monoisotopic (exact) mass is 460 g/mol. The van der Waals surface area contributed by atoms with Crippen molar-refractivity contribution < 1.29 is 0 Å². The fourth-order valence-electron chi connectivity index (χ4n) is 4.48. The molecule has 30 heavy (non-hydrogen) atoms. The second kappa shape index (κ2) is 29.9. The van der Waals surface area contributed by atoms with Crippen molar-refractivity contribution in [3.8, 4) is 0 Å². The molecule has 0 aliphatic heterocycles. The van der Waals surface area contributed by atoms with E-state index in [0.717, 1.165) is 0 Å². The minimum Gasteiger partial charge on any atom is -0.0654 e. The van der Waals surface area contributed by atoms with E-state index in [-0.39, 0.29) is 0 Å². The molecule has 0 bridgehead atoms. The third kappa shape index (κ3) is 28.9. The van der Waals surface area contributed by atoms with Crippen LogP contribution in [0.4, 0.5) is 0 Å². The smallest absolute Gasteiger partial charge is 0.0654 e. The van der Waals surface area contributed by atoms with Gasteiger partial charge in [0.2, 0.25) is 0 Å². The van der Waals surface area contributed by atoms with Crippen LogP contribution in [0.15, 0.2) is 0 Å². The molecule has 184 valence electrons. The van der Waals surface area contributed by atoms with Gasteiger partial charge in [0.25, 0.3) is 0 Å². The number of rotatable bonds is 27. The van der Waals surface area contributed by atoms with Gasteiger partial charge in [0, 0.05) is 0 Å². The molecule has 0 fully saturated rings. The summed E-state index contributed by atoms with van der Waals surface area (Å²) in [5.74, 6) is 0. The van der Waals surface area contributed by atoms with Crippen molar-refractivity contribution in [2.75, 3.05) is 12.3 Å². The molecule has 0 spiro atoms. The third-order valence-electron chi connectivity index (χ3n) is 6.66. The Hall–Kier alpha value is 0.860. The van der Waals surface area contributed by atoms with Crippen molar-refractivity contribution >= 4 is 16.5 Å². The average molecular weight is 461 g/mol. The molecule has 0 rings (SSSR count). The van der Waals surface area contributed by atoms with Crippen molar-refractivity contribution in [3.63, 3.8) is 0 Å². The quantitative estimate of drug-likeness (QED) is 0.0844. The molecule has 0 aromatic heterocycles. The van der Waals surface area contributed by atoms with Gasteiger partial charge >= 0.3 is 164 Å². The number of unbranched alkanes of at least 4 members (excludes halogenated alkanes) is 22. The molecular formula is C28H62P2. The maximum absolute atomic E-state index is 2.31. The average Bonchev–Trinajstić information content (AvgIpc) is 2.76. The van der Waals surface area contributed by atoms with Gasteiger partial charge in [0.1, 0.15) is 0 Å². The molecule has 0 aromatic carbocycles. The van der Waals surface area contributed by atoms with Crippen LogP contribution in [0.5, 0.6) is 0 Å². The number of hydrogen-bond acceptors (Lipinski definition) is 0. The predicted octanol–water partition coefficient (Wildman–Crippen LogP) is 11.1. The van der Waals surface area contributed by atoms with Gasteiger partial charge in [-0.05, 0) is 0 Å². The minimum atomic E-state index is 0.321. The molecular weight excluding hydrogens is 398 g/mol. The fourth-order valence-corrected chi connectivity index (χ4v) is 9.09. The van der Waals surface area contributed by atoms with Crippen LogP contribution in [0, 0.1) is 0 Å². The van der Waals surface area contributed by atoms with E-state index in [9.17, 15) is 0 Å². The van der Waals surface area contributed by atoms with Crippen LogP contribution in [0.2, 0.25) is 0 Å². The first kappa shape index (κ1) is 30.9. The van der Waals surface area contributed by atoms with Crippen LogP contribution >= 0.6 is 16.5 Å². The van der Waals surface area contributed by atoms with Gasteiger partial charge in [-0.3, -0.25) is 0 Å². The molecule has 0 aliphatic carbocycles. The molecule has 0 aliphatic rings. The molecule has 0 radical (unpaired) electrons. The standard InChI is InChI=1S/C28H62P2/c1-3-5-7-9-11-13-15-17-19-21-23-25-27-29-30-28-26-24-22-20-18-16-14-12-10-8-6-4-2/h29H,3-28H2,1-2,30H3. The summed E-state index contributed by atoms with van der Waals surface area (Å²) in [6, 6.07) is 0. The molecule has 1 unspecified atom stereocenters. The van der Waals surface area contributed by atoms with Gasteiger partial charge < -0.3 is 0 Å². The molecule has 0 heterocycles. The summed E-state index contributed by atoms with van der Waals surface area (Å²) < 4.78 is 0. The normalized spacial score (nSPS) is 11.9. The summed E-state index contributed by atoms with van der Waals surface area (Å²) in [6.07, 6.45) is 39.0. The first-order chi connectivity index (χ1) is 14.9. The first-order valence-electron chi connectivity index (χ1n) is 14.6. The van der Waals surface area contributed by atoms with Crippen LogP contribution < -0.4 is 0 Å². The fraction of sp³-hybridized carbons (Fsp3) is 1.00. The van der Waals surface area contributed by atoms with E-state index in [4.69, 9.17) is 0 Å². The zero-order valence-electron chi connectivity index (χ0n) is 21.6. The molecule has 0 nitrogen and oxygen atoms in total. The van der Waals surface area contributed by atoms with E-state index in [2.05, 4.69) is 13.8 Å². The van der Waals surface area contributed by atoms with Gasteiger partial charge in [0.15, 0.2) is 0 Å². The van der Waals surface area contributed by atoms with Crippen LogP contribution in [-0.2, 0) is 0 Å². The second-order valence-electron chi connectivity index (χ2n) is 9.88. The molecule has 0 saturated heterocycles. The molecule has 2 heteroatoms. The Labute approximate surface area is 196 Å². The van der Waals surface area contributed by atoms with Crippen molar-refractivity contribution in [2.24, 2.45) is 0 Å². The summed E-state index contributed by atoms with van der Waals surface area (Å²) >= 11 is 0. The van der Waals surface area contributed by atoms with E-state index in [1.165, 1.54) is 150 Å². The summed E-state index contributed by atoms with van der Waals surface area (Å²) in [6.45, 7) is 4.62. The molecule has 0 aromatic rings. The van der Waals surface area contributed by atoms with Gasteiger partial charge in [0.05, 0.1) is 0 Å². The van der Waals surface area contributed by atoms with Crippen molar-refractivity contribution in [2.45, 2.75) is 168 Å². The van der Waals surface area contributed by atoms with Crippen molar-refractivity contribution in [1.82, 2.24) is 0 Å². The topological polar surface area (TPSA) is 0 Å². The molecule has 0 amide bonds. The van der Waals surface area contributed by atoms with E-state index in [1.54, 1.807) is 25.2 Å². The predicted molar refractivity (Wildman–Crippen MR) is 151 cm³/mol. The Kier molecular flexibility index (Phi) is 30.7. The Bertz CT molecular complexity index is 252. The van der Waals surface area contributed by atoms with Crippen LogP contribution in [0.25, 0.3) is 0 Å². The SMILES string of the molecule is CCCCCCCCCCCCCCP[PH3]CCCCCCCCCCCCCC. The van der Waals surface area contributed by atoms with E-state index < -0.39 is 0 Å². The summed E-state index contributed by atoms with van der Waals surface area (Å²) in [5.41, 5.74) is 0. The van der Waals surface area contributed by atoms with Crippen molar-refractivity contribution in [3.05, 3.63) is 0 Å².